The number of fused-ring (bicyclic) bond motifs is 2. The topological polar surface area (TPSA) is 97.1 Å². The minimum atomic E-state index is -1.05. The van der Waals surface area contributed by atoms with Crippen LogP contribution in [0.5, 0.6) is 0 Å². The van der Waals surface area contributed by atoms with E-state index in [1.54, 1.807) is 37.0 Å². The van der Waals surface area contributed by atoms with Crippen LogP contribution in [-0.4, -0.2) is 45.4 Å². The van der Waals surface area contributed by atoms with Gasteiger partial charge < -0.3 is 19.2 Å². The average Bonchev–Trinajstić information content (AvgIpc) is 3.35. The van der Waals surface area contributed by atoms with E-state index < -0.39 is 53.4 Å². The highest BCUT2D eigenvalue weighted by atomic mass is 16.5. The van der Waals surface area contributed by atoms with Gasteiger partial charge >= 0.3 is 5.97 Å². The minimum Gasteiger partial charge on any atom is -0.481 e. The summed E-state index contributed by atoms with van der Waals surface area (Å²) in [5.74, 6) is -3.33. The lowest BCUT2D eigenvalue weighted by Gasteiger charge is -2.46. The molecule has 6 unspecified atom stereocenters. The molecule has 5 rings (SSSR count). The van der Waals surface area contributed by atoms with Gasteiger partial charge in [-0.3, -0.25) is 14.4 Å². The summed E-state index contributed by atoms with van der Waals surface area (Å²) in [6.07, 6.45) is 4.43. The van der Waals surface area contributed by atoms with Crippen LogP contribution in [0, 0.1) is 23.7 Å². The molecule has 0 aromatic carbocycles. The molecule has 1 aromatic heterocycles. The zero-order valence-electron chi connectivity index (χ0n) is 14.4. The van der Waals surface area contributed by atoms with Gasteiger partial charge in [0, 0.05) is 11.8 Å². The molecular weight excluding hydrogens is 338 g/mol. The van der Waals surface area contributed by atoms with Crippen LogP contribution in [0.2, 0.25) is 0 Å². The summed E-state index contributed by atoms with van der Waals surface area (Å²) in [4.78, 5) is 39.9. The van der Waals surface area contributed by atoms with Gasteiger partial charge in [0.15, 0.2) is 0 Å². The van der Waals surface area contributed by atoms with Gasteiger partial charge in [-0.2, -0.15) is 0 Å². The lowest BCUT2D eigenvalue weighted by molar-refractivity contribution is -0.156. The first-order chi connectivity index (χ1) is 12.4. The number of rotatable bonds is 2. The van der Waals surface area contributed by atoms with Crippen molar-refractivity contribution in [3.05, 3.63) is 36.3 Å². The Morgan fingerprint density at radius 3 is 2.69 bits per heavy atom. The third-order valence-electron chi connectivity index (χ3n) is 6.63. The minimum absolute atomic E-state index is 0.0368. The molecule has 1 N–H and O–H groups in total. The van der Waals surface area contributed by atoms with Crippen LogP contribution < -0.4 is 0 Å². The molecule has 2 bridgehead atoms. The van der Waals surface area contributed by atoms with E-state index in [1.807, 2.05) is 6.08 Å². The van der Waals surface area contributed by atoms with Crippen LogP contribution >= 0.6 is 0 Å². The van der Waals surface area contributed by atoms with Crippen molar-refractivity contribution in [2.75, 3.05) is 0 Å². The molecule has 7 nitrogen and oxygen atoms in total. The van der Waals surface area contributed by atoms with Crippen molar-refractivity contribution < 1.29 is 28.6 Å². The Bertz CT molecular complexity index is 844. The van der Waals surface area contributed by atoms with Gasteiger partial charge in [0.1, 0.15) is 23.1 Å². The van der Waals surface area contributed by atoms with Gasteiger partial charge in [0.2, 0.25) is 5.91 Å². The van der Waals surface area contributed by atoms with Crippen LogP contribution in [0.4, 0.5) is 0 Å². The number of furan rings is 1. The van der Waals surface area contributed by atoms with Gasteiger partial charge in [-0.1, -0.05) is 26.0 Å². The van der Waals surface area contributed by atoms with Crippen LogP contribution in [0.1, 0.15) is 25.6 Å². The van der Waals surface area contributed by atoms with Crippen molar-refractivity contribution in [1.82, 2.24) is 4.90 Å². The molecule has 3 saturated heterocycles. The molecule has 1 amide bonds. The zero-order valence-corrected chi connectivity index (χ0v) is 14.4. The molecule has 1 spiro atoms. The van der Waals surface area contributed by atoms with Crippen molar-refractivity contribution in [2.45, 2.75) is 37.6 Å². The Labute approximate surface area is 149 Å². The zero-order chi connectivity index (χ0) is 18.4. The molecule has 4 aliphatic rings. The number of piperidine rings is 1. The third kappa shape index (κ3) is 1.60. The third-order valence-corrected chi connectivity index (χ3v) is 6.63. The number of ketones is 1. The van der Waals surface area contributed by atoms with E-state index in [9.17, 15) is 19.5 Å². The molecule has 8 atom stereocenters. The van der Waals surface area contributed by atoms with Crippen molar-refractivity contribution in [3.8, 4) is 0 Å². The predicted molar refractivity (Wildman–Crippen MR) is 86.8 cm³/mol. The van der Waals surface area contributed by atoms with Crippen LogP contribution in [0.15, 0.2) is 35.0 Å². The van der Waals surface area contributed by atoms with Crippen molar-refractivity contribution in [1.29, 1.82) is 0 Å². The molecule has 3 fully saturated rings. The number of aliphatic carboxylic acids is 1. The standard InChI is InChI=1S/C19H19NO6/c1-8-14(11-4-3-7-25-11)20-16(9(2)15(8)21)19-6-5-10(26-19)12(18(23)24)13(19)17(20)22/h3-10,12-14,16H,1-2H3,(H,23,24)/t8?,9?,10-,12?,13?,14?,16?,19+/m1/s1. The Morgan fingerprint density at radius 2 is 2.04 bits per heavy atom. The fourth-order valence-electron chi connectivity index (χ4n) is 5.65. The van der Waals surface area contributed by atoms with Gasteiger partial charge in [0.25, 0.3) is 0 Å². The smallest absolute Gasteiger partial charge is 0.310 e. The molecule has 4 aliphatic heterocycles. The summed E-state index contributed by atoms with van der Waals surface area (Å²) in [6, 6.07) is 2.41. The van der Waals surface area contributed by atoms with E-state index in [1.165, 1.54) is 6.26 Å². The second kappa shape index (κ2) is 4.85. The van der Waals surface area contributed by atoms with Gasteiger partial charge in [-0.05, 0) is 12.1 Å². The number of amides is 1. The Hall–Kier alpha value is -2.41. The van der Waals surface area contributed by atoms with E-state index in [0.717, 1.165) is 0 Å². The van der Waals surface area contributed by atoms with E-state index in [2.05, 4.69) is 0 Å². The summed E-state index contributed by atoms with van der Waals surface area (Å²) >= 11 is 0. The predicted octanol–water partition coefficient (Wildman–Crippen LogP) is 1.41. The Balaban J connectivity index is 1.69. The molecule has 26 heavy (non-hydrogen) atoms. The first-order valence-corrected chi connectivity index (χ1v) is 8.88. The summed E-state index contributed by atoms with van der Waals surface area (Å²) < 4.78 is 11.6. The molecule has 0 aliphatic carbocycles. The first-order valence-electron chi connectivity index (χ1n) is 8.88. The second-order valence-corrected chi connectivity index (χ2v) is 7.77. The number of hydrogen-bond donors (Lipinski definition) is 1. The number of carboxylic acid groups (broad SMARTS) is 1. The van der Waals surface area contributed by atoms with E-state index in [4.69, 9.17) is 9.15 Å². The first kappa shape index (κ1) is 15.8. The molecule has 1 aromatic rings. The SMILES string of the molecule is CC1C(=O)C(C)C2N(C(=O)C3C(C(=O)O)[C@H]4C=C[C@]32O4)C1c1ccco1. The molecule has 136 valence electrons. The molecular formula is C19H19NO6. The summed E-state index contributed by atoms with van der Waals surface area (Å²) in [7, 11) is 0. The van der Waals surface area contributed by atoms with Gasteiger partial charge in [-0.25, -0.2) is 0 Å². The average molecular weight is 357 g/mol. The van der Waals surface area contributed by atoms with Crippen molar-refractivity contribution in [2.24, 2.45) is 23.7 Å². The van der Waals surface area contributed by atoms with Crippen molar-refractivity contribution in [3.63, 3.8) is 0 Å². The Kier molecular flexibility index (Phi) is 2.95. The number of hydrogen-bond acceptors (Lipinski definition) is 5. The fraction of sp³-hybridized carbons (Fsp3) is 0.526. The summed E-state index contributed by atoms with van der Waals surface area (Å²) in [6.45, 7) is 3.60. The number of ether oxygens (including phenoxy) is 1. The van der Waals surface area contributed by atoms with E-state index >= 15 is 0 Å². The number of Topliss-reactive ketones (excluding diaryl/α,β-unsaturated/α-hetero) is 1. The summed E-state index contributed by atoms with van der Waals surface area (Å²) in [5, 5.41) is 9.68. The maximum Gasteiger partial charge on any atom is 0.310 e. The monoisotopic (exact) mass is 357 g/mol. The van der Waals surface area contributed by atoms with Crippen LogP contribution in [0.3, 0.4) is 0 Å². The van der Waals surface area contributed by atoms with Crippen LogP contribution in [0.25, 0.3) is 0 Å². The highest BCUT2D eigenvalue weighted by Crippen LogP contribution is 2.60. The Morgan fingerprint density at radius 1 is 1.27 bits per heavy atom. The van der Waals surface area contributed by atoms with Gasteiger partial charge in [0.05, 0.1) is 30.4 Å². The fourth-order valence-corrected chi connectivity index (χ4v) is 5.65. The van der Waals surface area contributed by atoms with E-state index in [-0.39, 0.29) is 11.7 Å². The highest BCUT2D eigenvalue weighted by molar-refractivity contribution is 5.96. The van der Waals surface area contributed by atoms with Crippen LogP contribution in [-0.2, 0) is 19.1 Å². The normalized spacial score (nSPS) is 45.9. The lowest BCUT2D eigenvalue weighted by atomic mass is 9.69. The lowest BCUT2D eigenvalue weighted by Crippen LogP contribution is -2.58. The second-order valence-electron chi connectivity index (χ2n) is 7.77. The molecule has 5 heterocycles. The van der Waals surface area contributed by atoms with Gasteiger partial charge in [-0.15, -0.1) is 0 Å². The van der Waals surface area contributed by atoms with E-state index in [0.29, 0.717) is 5.76 Å². The number of carbonyl (C=O) groups excluding carboxylic acids is 2. The number of carbonyl (C=O) groups is 3. The highest BCUT2D eigenvalue weighted by Gasteiger charge is 2.75. The molecule has 0 saturated carbocycles. The maximum absolute atomic E-state index is 13.4. The largest absolute Gasteiger partial charge is 0.481 e. The molecule has 0 radical (unpaired) electrons. The maximum atomic E-state index is 13.4. The number of carboxylic acids is 1. The molecule has 7 heteroatoms. The summed E-state index contributed by atoms with van der Waals surface area (Å²) in [5.41, 5.74) is -1.05. The van der Waals surface area contributed by atoms with Crippen molar-refractivity contribution >= 4 is 17.7 Å². The number of nitrogens with zero attached hydrogens (tertiary/aromatic N) is 1. The quantitative estimate of drug-likeness (QED) is 0.804.